The Hall–Kier alpha value is -1.09. The minimum atomic E-state index is -3.01. The van der Waals surface area contributed by atoms with Gasteiger partial charge in [-0.3, -0.25) is 4.79 Å². The number of hydrogen-bond acceptors (Lipinski definition) is 6. The zero-order valence-electron chi connectivity index (χ0n) is 15.7. The third kappa shape index (κ3) is 4.60. The first-order valence-electron chi connectivity index (χ1n) is 9.36. The molecule has 1 atom stereocenters. The molecule has 0 spiro atoms. The number of rotatable bonds is 8. The maximum absolute atomic E-state index is 12.9. The van der Waals surface area contributed by atoms with E-state index < -0.39 is 9.84 Å². The number of aromatic nitrogens is 3. The van der Waals surface area contributed by atoms with Crippen LogP contribution < -0.4 is 0 Å². The summed E-state index contributed by atoms with van der Waals surface area (Å²) in [5, 5.41) is 9.36. The van der Waals surface area contributed by atoms with Gasteiger partial charge in [-0.05, 0) is 32.1 Å². The molecule has 1 aliphatic carbocycles. The molecule has 2 fully saturated rings. The van der Waals surface area contributed by atoms with Crippen LogP contribution in [0.4, 0.5) is 0 Å². The van der Waals surface area contributed by atoms with Gasteiger partial charge in [-0.2, -0.15) is 0 Å². The number of amides is 1. The molecule has 1 aromatic heterocycles. The number of hydrogen-bond donors (Lipinski definition) is 0. The molecule has 3 rings (SSSR count). The first-order chi connectivity index (χ1) is 12.3. The Morgan fingerprint density at radius 2 is 2.04 bits per heavy atom. The summed E-state index contributed by atoms with van der Waals surface area (Å²) in [5.41, 5.74) is 0. The fourth-order valence-corrected chi connectivity index (χ4v) is 6.05. The maximum atomic E-state index is 12.9. The lowest BCUT2D eigenvalue weighted by atomic mass is 10.1. The van der Waals surface area contributed by atoms with E-state index >= 15 is 0 Å². The predicted molar refractivity (Wildman–Crippen MR) is 102 cm³/mol. The molecular formula is C17H28N4O3S2. The van der Waals surface area contributed by atoms with Crippen LogP contribution in [0.3, 0.4) is 0 Å². The van der Waals surface area contributed by atoms with Gasteiger partial charge in [0.15, 0.2) is 15.0 Å². The summed E-state index contributed by atoms with van der Waals surface area (Å²) >= 11 is 1.41. The first-order valence-corrected chi connectivity index (χ1v) is 12.2. The smallest absolute Gasteiger partial charge is 0.233 e. The van der Waals surface area contributed by atoms with Gasteiger partial charge in [-0.15, -0.1) is 10.2 Å². The van der Waals surface area contributed by atoms with Crippen LogP contribution in [0, 0.1) is 5.92 Å². The fraction of sp³-hybridized carbons (Fsp3) is 0.824. The topological polar surface area (TPSA) is 85.2 Å². The summed E-state index contributed by atoms with van der Waals surface area (Å²) in [4.78, 5) is 14.6. The Morgan fingerprint density at radius 1 is 1.31 bits per heavy atom. The molecule has 0 radical (unpaired) electrons. The van der Waals surface area contributed by atoms with Crippen LogP contribution in [0.5, 0.6) is 0 Å². The van der Waals surface area contributed by atoms with Crippen molar-refractivity contribution in [1.29, 1.82) is 0 Å². The van der Waals surface area contributed by atoms with Gasteiger partial charge in [-0.25, -0.2) is 8.42 Å². The second kappa shape index (κ2) is 7.88. The van der Waals surface area contributed by atoms with Gasteiger partial charge < -0.3 is 9.47 Å². The van der Waals surface area contributed by atoms with Crippen LogP contribution in [0.15, 0.2) is 5.16 Å². The molecule has 1 saturated heterocycles. The van der Waals surface area contributed by atoms with Crippen LogP contribution in [0.25, 0.3) is 0 Å². The van der Waals surface area contributed by atoms with Crippen molar-refractivity contribution in [3.05, 3.63) is 5.82 Å². The standard InChI is InChI=1S/C17H28N4O3S2/c1-4-20-16(13-5-6-13)18-19-17(20)25-10-15(22)21(9-12(2)3)14-7-8-26(23,24)11-14/h12-14H,4-11H2,1-3H3/t14-/m1/s1. The second-order valence-electron chi connectivity index (χ2n) is 7.64. The molecule has 0 unspecified atom stereocenters. The Bertz CT molecular complexity index is 756. The number of sulfone groups is 1. The number of thioether (sulfide) groups is 1. The van der Waals surface area contributed by atoms with Gasteiger partial charge in [0, 0.05) is 25.0 Å². The normalized spacial score (nSPS) is 22.1. The SMILES string of the molecule is CCn1c(SCC(=O)N(CC(C)C)[C@@H]2CCS(=O)(=O)C2)nnc1C1CC1. The van der Waals surface area contributed by atoms with E-state index in [0.717, 1.165) is 17.5 Å². The molecule has 1 saturated carbocycles. The molecular weight excluding hydrogens is 372 g/mol. The minimum absolute atomic E-state index is 0.00979. The van der Waals surface area contributed by atoms with Crippen molar-refractivity contribution in [2.75, 3.05) is 23.8 Å². The van der Waals surface area contributed by atoms with Crippen molar-refractivity contribution < 1.29 is 13.2 Å². The van der Waals surface area contributed by atoms with Gasteiger partial charge in [0.05, 0.1) is 17.3 Å². The van der Waals surface area contributed by atoms with Crippen LogP contribution in [0.2, 0.25) is 0 Å². The van der Waals surface area contributed by atoms with Crippen LogP contribution in [-0.4, -0.2) is 63.8 Å². The van der Waals surface area contributed by atoms with Gasteiger partial charge in [-0.1, -0.05) is 25.6 Å². The van der Waals surface area contributed by atoms with Crippen LogP contribution in [0.1, 0.15) is 51.8 Å². The third-order valence-corrected chi connectivity index (χ3v) is 7.56. The molecule has 7 nitrogen and oxygen atoms in total. The van der Waals surface area contributed by atoms with E-state index in [4.69, 9.17) is 0 Å². The van der Waals surface area contributed by atoms with E-state index in [1.54, 1.807) is 4.90 Å². The monoisotopic (exact) mass is 400 g/mol. The van der Waals surface area contributed by atoms with Gasteiger partial charge in [0.1, 0.15) is 5.82 Å². The number of carbonyl (C=O) groups excluding carboxylic acids is 1. The largest absolute Gasteiger partial charge is 0.338 e. The molecule has 0 aromatic carbocycles. The Morgan fingerprint density at radius 3 is 2.58 bits per heavy atom. The highest BCUT2D eigenvalue weighted by atomic mass is 32.2. The number of nitrogens with zero attached hydrogens (tertiary/aromatic N) is 4. The average molecular weight is 401 g/mol. The summed E-state index contributed by atoms with van der Waals surface area (Å²) in [6.45, 7) is 7.55. The molecule has 2 aliphatic rings. The summed E-state index contributed by atoms with van der Waals surface area (Å²) in [5.74, 6) is 2.38. The highest BCUT2D eigenvalue weighted by molar-refractivity contribution is 7.99. The average Bonchev–Trinajstić information content (AvgIpc) is 3.24. The van der Waals surface area contributed by atoms with E-state index in [1.807, 2.05) is 13.8 Å². The lowest BCUT2D eigenvalue weighted by Gasteiger charge is -2.29. The Labute approximate surface area is 159 Å². The minimum Gasteiger partial charge on any atom is -0.338 e. The summed E-state index contributed by atoms with van der Waals surface area (Å²) in [7, 11) is -3.01. The lowest BCUT2D eigenvalue weighted by Crippen LogP contribution is -2.44. The van der Waals surface area contributed by atoms with E-state index in [2.05, 4.69) is 21.7 Å². The van der Waals surface area contributed by atoms with Gasteiger partial charge >= 0.3 is 0 Å². The van der Waals surface area contributed by atoms with Crippen molar-refractivity contribution in [1.82, 2.24) is 19.7 Å². The van der Waals surface area contributed by atoms with Gasteiger partial charge in [0.25, 0.3) is 0 Å². The third-order valence-electron chi connectivity index (χ3n) is 4.86. The fourth-order valence-electron chi connectivity index (χ4n) is 3.43. The first kappa shape index (κ1) is 19.7. The molecule has 0 bridgehead atoms. The van der Waals surface area contributed by atoms with Crippen molar-refractivity contribution in [3.8, 4) is 0 Å². The molecule has 1 aromatic rings. The van der Waals surface area contributed by atoms with Crippen LogP contribution in [-0.2, 0) is 21.2 Å². The number of carbonyl (C=O) groups is 1. The Kier molecular flexibility index (Phi) is 5.96. The highest BCUT2D eigenvalue weighted by Gasteiger charge is 2.35. The predicted octanol–water partition coefficient (Wildman–Crippen LogP) is 1.94. The molecule has 9 heteroatoms. The summed E-state index contributed by atoms with van der Waals surface area (Å²) < 4.78 is 25.7. The zero-order valence-corrected chi connectivity index (χ0v) is 17.4. The van der Waals surface area contributed by atoms with Gasteiger partial charge in [0.2, 0.25) is 5.91 Å². The summed E-state index contributed by atoms with van der Waals surface area (Å²) in [6.07, 6.45) is 2.88. The molecule has 1 aliphatic heterocycles. The lowest BCUT2D eigenvalue weighted by molar-refractivity contribution is -0.130. The van der Waals surface area contributed by atoms with Crippen molar-refractivity contribution in [2.24, 2.45) is 5.92 Å². The van der Waals surface area contributed by atoms with E-state index in [-0.39, 0.29) is 29.2 Å². The second-order valence-corrected chi connectivity index (χ2v) is 10.8. The Balaban J connectivity index is 1.66. The molecule has 2 heterocycles. The van der Waals surface area contributed by atoms with Crippen molar-refractivity contribution in [3.63, 3.8) is 0 Å². The molecule has 1 amide bonds. The molecule has 0 N–H and O–H groups in total. The van der Waals surface area contributed by atoms with Crippen molar-refractivity contribution in [2.45, 2.75) is 63.7 Å². The maximum Gasteiger partial charge on any atom is 0.233 e. The van der Waals surface area contributed by atoms with Crippen molar-refractivity contribution >= 4 is 27.5 Å². The van der Waals surface area contributed by atoms with E-state index in [1.165, 1.54) is 24.6 Å². The van der Waals surface area contributed by atoms with E-state index in [0.29, 0.717) is 24.8 Å². The highest BCUT2D eigenvalue weighted by Crippen LogP contribution is 2.40. The zero-order chi connectivity index (χ0) is 18.9. The van der Waals surface area contributed by atoms with E-state index in [9.17, 15) is 13.2 Å². The molecule has 146 valence electrons. The molecule has 26 heavy (non-hydrogen) atoms. The summed E-state index contributed by atoms with van der Waals surface area (Å²) in [6, 6.07) is -0.193. The van der Waals surface area contributed by atoms with Crippen LogP contribution >= 0.6 is 11.8 Å². The quantitative estimate of drug-likeness (QED) is 0.620.